The van der Waals surface area contributed by atoms with Crippen LogP contribution in [0.15, 0.2) is 24.4 Å². The summed E-state index contributed by atoms with van der Waals surface area (Å²) >= 11 is 0. The Morgan fingerprint density at radius 3 is 2.70 bits per heavy atom. The molecule has 8 nitrogen and oxygen atoms in total. The SMILES string of the molecule is COCCNC(=O)CN1CCN(C(=O)Nc2ccccn2)CC1. The van der Waals surface area contributed by atoms with Gasteiger partial charge in [0.15, 0.2) is 0 Å². The third kappa shape index (κ3) is 5.84. The molecule has 2 N–H and O–H groups in total. The lowest BCUT2D eigenvalue weighted by atomic mass is 10.3. The lowest BCUT2D eigenvalue weighted by Gasteiger charge is -2.34. The molecule has 1 fully saturated rings. The molecule has 0 saturated carbocycles. The number of urea groups is 1. The summed E-state index contributed by atoms with van der Waals surface area (Å²) in [6, 6.07) is 5.21. The second-order valence-electron chi connectivity index (χ2n) is 5.25. The number of piperazine rings is 1. The largest absolute Gasteiger partial charge is 0.383 e. The molecular weight excluding hydrogens is 298 g/mol. The molecule has 0 atom stereocenters. The predicted octanol–water partition coefficient (Wildman–Crippen LogP) is -0.00630. The Bertz CT molecular complexity index is 503. The summed E-state index contributed by atoms with van der Waals surface area (Å²) in [6.45, 7) is 3.89. The van der Waals surface area contributed by atoms with Gasteiger partial charge in [-0.25, -0.2) is 9.78 Å². The van der Waals surface area contributed by atoms with Gasteiger partial charge in [-0.15, -0.1) is 0 Å². The number of carbonyl (C=O) groups is 2. The van der Waals surface area contributed by atoms with Crippen molar-refractivity contribution in [2.24, 2.45) is 0 Å². The number of pyridine rings is 1. The van der Waals surface area contributed by atoms with Crippen LogP contribution in [0.5, 0.6) is 0 Å². The van der Waals surface area contributed by atoms with Crippen LogP contribution in [0.4, 0.5) is 10.6 Å². The molecule has 23 heavy (non-hydrogen) atoms. The molecule has 2 heterocycles. The third-order valence-corrected chi connectivity index (χ3v) is 3.55. The highest BCUT2D eigenvalue weighted by Crippen LogP contribution is 2.06. The van der Waals surface area contributed by atoms with E-state index >= 15 is 0 Å². The maximum atomic E-state index is 12.1. The molecule has 0 aliphatic carbocycles. The Hall–Kier alpha value is -2.19. The first kappa shape index (κ1) is 17.2. The smallest absolute Gasteiger partial charge is 0.323 e. The van der Waals surface area contributed by atoms with Gasteiger partial charge in [-0.3, -0.25) is 15.0 Å². The van der Waals surface area contributed by atoms with Crippen molar-refractivity contribution in [1.82, 2.24) is 20.1 Å². The average Bonchev–Trinajstić information content (AvgIpc) is 2.56. The first-order valence-electron chi connectivity index (χ1n) is 7.64. The highest BCUT2D eigenvalue weighted by Gasteiger charge is 2.22. The number of aromatic nitrogens is 1. The number of rotatable bonds is 6. The van der Waals surface area contributed by atoms with Crippen molar-refractivity contribution in [1.29, 1.82) is 0 Å². The second-order valence-corrected chi connectivity index (χ2v) is 5.25. The zero-order valence-corrected chi connectivity index (χ0v) is 13.3. The predicted molar refractivity (Wildman–Crippen MR) is 86.2 cm³/mol. The van der Waals surface area contributed by atoms with Crippen LogP contribution in [0.25, 0.3) is 0 Å². The maximum absolute atomic E-state index is 12.1. The van der Waals surface area contributed by atoms with Gasteiger partial charge < -0.3 is 15.0 Å². The lowest BCUT2D eigenvalue weighted by Crippen LogP contribution is -2.52. The lowest BCUT2D eigenvalue weighted by molar-refractivity contribution is -0.122. The van der Waals surface area contributed by atoms with Crippen molar-refractivity contribution in [2.75, 3.05) is 58.3 Å². The van der Waals surface area contributed by atoms with E-state index in [1.807, 2.05) is 11.0 Å². The first-order valence-corrected chi connectivity index (χ1v) is 7.64. The molecule has 1 aliphatic heterocycles. The number of amides is 3. The fourth-order valence-corrected chi connectivity index (χ4v) is 2.29. The second kappa shape index (κ2) is 9.06. The van der Waals surface area contributed by atoms with Crippen LogP contribution in [0, 0.1) is 0 Å². The monoisotopic (exact) mass is 321 g/mol. The van der Waals surface area contributed by atoms with Crippen molar-refractivity contribution < 1.29 is 14.3 Å². The van der Waals surface area contributed by atoms with Gasteiger partial charge in [-0.05, 0) is 12.1 Å². The molecule has 1 saturated heterocycles. The van der Waals surface area contributed by atoms with E-state index in [4.69, 9.17) is 4.74 Å². The molecule has 0 radical (unpaired) electrons. The van der Waals surface area contributed by atoms with Crippen molar-refractivity contribution in [3.8, 4) is 0 Å². The van der Waals surface area contributed by atoms with Gasteiger partial charge in [0.05, 0.1) is 13.2 Å². The molecule has 2 rings (SSSR count). The Morgan fingerprint density at radius 2 is 2.04 bits per heavy atom. The Kier molecular flexibility index (Phi) is 6.76. The minimum absolute atomic E-state index is 0.0200. The fourth-order valence-electron chi connectivity index (χ4n) is 2.29. The summed E-state index contributed by atoms with van der Waals surface area (Å²) < 4.78 is 4.89. The van der Waals surface area contributed by atoms with Gasteiger partial charge in [-0.1, -0.05) is 6.07 Å². The Morgan fingerprint density at radius 1 is 1.26 bits per heavy atom. The Labute approximate surface area is 135 Å². The van der Waals surface area contributed by atoms with E-state index in [0.717, 1.165) is 0 Å². The molecule has 8 heteroatoms. The molecule has 1 aromatic heterocycles. The number of nitrogens with one attached hydrogen (secondary N) is 2. The van der Waals surface area contributed by atoms with Crippen LogP contribution in [-0.4, -0.2) is 79.7 Å². The highest BCUT2D eigenvalue weighted by molar-refractivity contribution is 5.88. The molecule has 3 amide bonds. The zero-order chi connectivity index (χ0) is 16.5. The molecule has 126 valence electrons. The Balaban J connectivity index is 1.69. The normalized spacial score (nSPS) is 15.3. The third-order valence-electron chi connectivity index (χ3n) is 3.55. The average molecular weight is 321 g/mol. The molecule has 1 aliphatic rings. The van der Waals surface area contributed by atoms with Gasteiger partial charge in [0.2, 0.25) is 5.91 Å². The van der Waals surface area contributed by atoms with E-state index in [-0.39, 0.29) is 11.9 Å². The number of methoxy groups -OCH3 is 1. The molecule has 0 bridgehead atoms. The summed E-state index contributed by atoms with van der Waals surface area (Å²) in [7, 11) is 1.60. The number of hydrogen-bond donors (Lipinski definition) is 2. The quantitative estimate of drug-likeness (QED) is 0.720. The van der Waals surface area contributed by atoms with E-state index in [9.17, 15) is 9.59 Å². The van der Waals surface area contributed by atoms with Crippen molar-refractivity contribution in [3.63, 3.8) is 0 Å². The number of hydrogen-bond acceptors (Lipinski definition) is 5. The zero-order valence-electron chi connectivity index (χ0n) is 13.3. The fraction of sp³-hybridized carbons (Fsp3) is 0.533. The number of nitrogens with zero attached hydrogens (tertiary/aromatic N) is 3. The summed E-state index contributed by atoms with van der Waals surface area (Å²) in [5.74, 6) is 0.519. The van der Waals surface area contributed by atoms with Crippen LogP contribution >= 0.6 is 0 Å². The van der Waals surface area contributed by atoms with E-state index in [1.165, 1.54) is 0 Å². The van der Waals surface area contributed by atoms with Crippen molar-refractivity contribution in [3.05, 3.63) is 24.4 Å². The van der Waals surface area contributed by atoms with Gasteiger partial charge in [0, 0.05) is 46.0 Å². The summed E-state index contributed by atoms with van der Waals surface area (Å²) in [5.41, 5.74) is 0. The number of anilines is 1. The number of carbonyl (C=O) groups excluding carboxylic acids is 2. The van der Waals surface area contributed by atoms with Gasteiger partial charge in [-0.2, -0.15) is 0 Å². The van der Waals surface area contributed by atoms with Crippen LogP contribution in [0.2, 0.25) is 0 Å². The van der Waals surface area contributed by atoms with E-state index in [1.54, 1.807) is 30.3 Å². The van der Waals surface area contributed by atoms with E-state index in [0.29, 0.717) is 51.7 Å². The first-order chi connectivity index (χ1) is 11.2. The van der Waals surface area contributed by atoms with Crippen LogP contribution in [0.1, 0.15) is 0 Å². The molecule has 0 spiro atoms. The number of ether oxygens (including phenoxy) is 1. The minimum Gasteiger partial charge on any atom is -0.383 e. The molecule has 0 unspecified atom stereocenters. The minimum atomic E-state index is -0.159. The van der Waals surface area contributed by atoms with E-state index < -0.39 is 0 Å². The summed E-state index contributed by atoms with van der Waals surface area (Å²) in [6.07, 6.45) is 1.63. The van der Waals surface area contributed by atoms with Gasteiger partial charge in [0.25, 0.3) is 0 Å². The molecule has 0 aromatic carbocycles. The van der Waals surface area contributed by atoms with Crippen molar-refractivity contribution >= 4 is 17.8 Å². The summed E-state index contributed by atoms with van der Waals surface area (Å²) in [4.78, 5) is 31.7. The van der Waals surface area contributed by atoms with Crippen LogP contribution in [-0.2, 0) is 9.53 Å². The maximum Gasteiger partial charge on any atom is 0.323 e. The summed E-state index contributed by atoms with van der Waals surface area (Å²) in [5, 5.41) is 5.56. The van der Waals surface area contributed by atoms with Crippen LogP contribution < -0.4 is 10.6 Å². The highest BCUT2D eigenvalue weighted by atomic mass is 16.5. The van der Waals surface area contributed by atoms with Gasteiger partial charge in [0.1, 0.15) is 5.82 Å². The van der Waals surface area contributed by atoms with Crippen molar-refractivity contribution in [2.45, 2.75) is 0 Å². The molecular formula is C15H23N5O3. The van der Waals surface area contributed by atoms with Gasteiger partial charge >= 0.3 is 6.03 Å². The standard InChI is InChI=1S/C15H23N5O3/c1-23-11-6-17-14(21)12-19-7-9-20(10-8-19)15(22)18-13-4-2-3-5-16-13/h2-5H,6-12H2,1H3,(H,17,21)(H,16,18,22). The molecule has 1 aromatic rings. The topological polar surface area (TPSA) is 86.8 Å². The van der Waals surface area contributed by atoms with Crippen LogP contribution in [0.3, 0.4) is 0 Å². The van der Waals surface area contributed by atoms with E-state index in [2.05, 4.69) is 15.6 Å².